The summed E-state index contributed by atoms with van der Waals surface area (Å²) in [5.41, 5.74) is 9.34. The minimum absolute atomic E-state index is 0.243. The van der Waals surface area contributed by atoms with Gasteiger partial charge in [0.1, 0.15) is 0 Å². The fourth-order valence-corrected chi connectivity index (χ4v) is 2.88. The van der Waals surface area contributed by atoms with Crippen LogP contribution in [0.1, 0.15) is 42.6 Å². The Balaban J connectivity index is 2.14. The third kappa shape index (κ3) is 3.46. The molecule has 0 saturated carbocycles. The zero-order valence-electron chi connectivity index (χ0n) is 14.3. The molecule has 130 valence electrons. The molecule has 25 heavy (non-hydrogen) atoms. The zero-order valence-corrected chi connectivity index (χ0v) is 14.3. The van der Waals surface area contributed by atoms with E-state index in [1.807, 2.05) is 41.1 Å². The summed E-state index contributed by atoms with van der Waals surface area (Å²) in [5.74, 6) is -1.77. The molecular formula is C20H21F2N3. The lowest BCUT2D eigenvalue weighted by atomic mass is 9.94. The molecule has 0 amide bonds. The van der Waals surface area contributed by atoms with E-state index in [0.29, 0.717) is 5.56 Å². The van der Waals surface area contributed by atoms with Gasteiger partial charge < -0.3 is 5.73 Å². The second kappa shape index (κ2) is 7.15. The first-order valence-electron chi connectivity index (χ1n) is 8.31. The predicted molar refractivity (Wildman–Crippen MR) is 94.9 cm³/mol. The highest BCUT2D eigenvalue weighted by Crippen LogP contribution is 2.29. The van der Waals surface area contributed by atoms with Crippen molar-refractivity contribution in [2.24, 2.45) is 5.73 Å². The second-order valence-electron chi connectivity index (χ2n) is 6.36. The van der Waals surface area contributed by atoms with Crippen LogP contribution in [0.4, 0.5) is 8.78 Å². The lowest BCUT2D eigenvalue weighted by Crippen LogP contribution is -2.18. The van der Waals surface area contributed by atoms with Crippen molar-refractivity contribution >= 4 is 0 Å². The standard InChI is InChI=1S/C20H21F2N3/c1-13(2)19-11-20(25(24-19)15-6-4-3-5-7-15)16(12-23)14-8-9-17(21)18(22)10-14/h3-11,13,16H,12,23H2,1-2H3. The molecule has 0 aliphatic heterocycles. The van der Waals surface area contributed by atoms with Gasteiger partial charge in [0.15, 0.2) is 11.6 Å². The third-order valence-corrected chi connectivity index (χ3v) is 4.29. The molecule has 1 unspecified atom stereocenters. The summed E-state index contributed by atoms with van der Waals surface area (Å²) in [7, 11) is 0. The van der Waals surface area contributed by atoms with Gasteiger partial charge in [-0.1, -0.05) is 38.1 Å². The number of aromatic nitrogens is 2. The average molecular weight is 341 g/mol. The molecule has 1 heterocycles. The van der Waals surface area contributed by atoms with Crippen LogP contribution >= 0.6 is 0 Å². The van der Waals surface area contributed by atoms with Gasteiger partial charge in [-0.15, -0.1) is 0 Å². The minimum atomic E-state index is -0.870. The van der Waals surface area contributed by atoms with Gasteiger partial charge in [0, 0.05) is 12.5 Å². The number of hydrogen-bond acceptors (Lipinski definition) is 2. The SMILES string of the molecule is CC(C)c1cc(C(CN)c2ccc(F)c(F)c2)n(-c2ccccc2)n1. The Morgan fingerprint density at radius 3 is 2.32 bits per heavy atom. The summed E-state index contributed by atoms with van der Waals surface area (Å²) in [4.78, 5) is 0. The first kappa shape index (κ1) is 17.3. The van der Waals surface area contributed by atoms with E-state index in [0.717, 1.165) is 23.1 Å². The first-order valence-corrected chi connectivity index (χ1v) is 8.31. The number of hydrogen-bond donors (Lipinski definition) is 1. The average Bonchev–Trinajstić information content (AvgIpc) is 3.05. The fourth-order valence-electron chi connectivity index (χ4n) is 2.88. The van der Waals surface area contributed by atoms with Crippen LogP contribution in [0, 0.1) is 11.6 Å². The summed E-state index contributed by atoms with van der Waals surface area (Å²) in [6.45, 7) is 4.40. The van der Waals surface area contributed by atoms with Crippen LogP contribution in [-0.2, 0) is 0 Å². The Kier molecular flexibility index (Phi) is 4.95. The van der Waals surface area contributed by atoms with E-state index in [1.54, 1.807) is 6.07 Å². The van der Waals surface area contributed by atoms with Crippen LogP contribution in [0.2, 0.25) is 0 Å². The van der Waals surface area contributed by atoms with Crippen molar-refractivity contribution in [1.29, 1.82) is 0 Å². The molecule has 0 fully saturated rings. The quantitative estimate of drug-likeness (QED) is 0.749. The number of rotatable bonds is 5. The lowest BCUT2D eigenvalue weighted by Gasteiger charge is -2.17. The van der Waals surface area contributed by atoms with Gasteiger partial charge in [0.05, 0.1) is 17.1 Å². The molecule has 0 aliphatic carbocycles. The fraction of sp³-hybridized carbons (Fsp3) is 0.250. The monoisotopic (exact) mass is 341 g/mol. The van der Waals surface area contributed by atoms with E-state index in [-0.39, 0.29) is 18.4 Å². The Labute approximate surface area is 146 Å². The maximum absolute atomic E-state index is 13.7. The molecule has 0 radical (unpaired) electrons. The first-order chi connectivity index (χ1) is 12.0. The molecule has 0 aliphatic rings. The molecule has 0 saturated heterocycles. The molecule has 3 rings (SSSR count). The highest BCUT2D eigenvalue weighted by molar-refractivity contribution is 5.39. The molecule has 3 aromatic rings. The van der Waals surface area contributed by atoms with Crippen molar-refractivity contribution in [1.82, 2.24) is 9.78 Å². The van der Waals surface area contributed by atoms with Crippen LogP contribution in [0.5, 0.6) is 0 Å². The number of para-hydroxylation sites is 1. The van der Waals surface area contributed by atoms with Gasteiger partial charge in [-0.3, -0.25) is 0 Å². The van der Waals surface area contributed by atoms with Crippen molar-refractivity contribution < 1.29 is 8.78 Å². The van der Waals surface area contributed by atoms with Crippen LogP contribution in [-0.4, -0.2) is 16.3 Å². The van der Waals surface area contributed by atoms with E-state index < -0.39 is 11.6 Å². The van der Waals surface area contributed by atoms with E-state index >= 15 is 0 Å². The van der Waals surface area contributed by atoms with E-state index in [1.165, 1.54) is 6.07 Å². The van der Waals surface area contributed by atoms with Crippen LogP contribution in [0.3, 0.4) is 0 Å². The Hall–Kier alpha value is -2.53. The van der Waals surface area contributed by atoms with Gasteiger partial charge in [0.2, 0.25) is 0 Å². The third-order valence-electron chi connectivity index (χ3n) is 4.29. The maximum Gasteiger partial charge on any atom is 0.159 e. The zero-order chi connectivity index (χ0) is 18.0. The van der Waals surface area contributed by atoms with Gasteiger partial charge in [-0.05, 0) is 41.8 Å². The molecule has 0 spiro atoms. The Morgan fingerprint density at radius 2 is 1.72 bits per heavy atom. The van der Waals surface area contributed by atoms with Gasteiger partial charge in [-0.2, -0.15) is 5.10 Å². The second-order valence-corrected chi connectivity index (χ2v) is 6.36. The van der Waals surface area contributed by atoms with E-state index in [2.05, 4.69) is 13.8 Å². The largest absolute Gasteiger partial charge is 0.329 e. The summed E-state index contributed by atoms with van der Waals surface area (Å²) in [6.07, 6.45) is 0. The molecule has 0 bridgehead atoms. The summed E-state index contributed by atoms with van der Waals surface area (Å²) in [6, 6.07) is 15.6. The van der Waals surface area contributed by atoms with Gasteiger partial charge >= 0.3 is 0 Å². The summed E-state index contributed by atoms with van der Waals surface area (Å²) < 4.78 is 28.9. The van der Waals surface area contributed by atoms with Crippen LogP contribution in [0.25, 0.3) is 5.69 Å². The molecular weight excluding hydrogens is 320 g/mol. The van der Waals surface area contributed by atoms with Crippen molar-refractivity contribution in [2.75, 3.05) is 6.54 Å². The highest BCUT2D eigenvalue weighted by atomic mass is 19.2. The van der Waals surface area contributed by atoms with E-state index in [4.69, 9.17) is 10.8 Å². The summed E-state index contributed by atoms with van der Waals surface area (Å²) in [5, 5.41) is 4.71. The smallest absolute Gasteiger partial charge is 0.159 e. The molecule has 5 heteroatoms. The molecule has 1 aromatic heterocycles. The number of nitrogens with zero attached hydrogens (tertiary/aromatic N) is 2. The topological polar surface area (TPSA) is 43.8 Å². The molecule has 1 atom stereocenters. The van der Waals surface area contributed by atoms with Crippen molar-refractivity contribution in [3.8, 4) is 5.69 Å². The molecule has 3 nitrogen and oxygen atoms in total. The number of nitrogens with two attached hydrogens (primary N) is 1. The summed E-state index contributed by atoms with van der Waals surface area (Å²) >= 11 is 0. The predicted octanol–water partition coefficient (Wildman–Crippen LogP) is 4.36. The molecule has 2 aromatic carbocycles. The van der Waals surface area contributed by atoms with Gasteiger partial charge in [-0.25, -0.2) is 13.5 Å². The van der Waals surface area contributed by atoms with Crippen molar-refractivity contribution in [3.63, 3.8) is 0 Å². The minimum Gasteiger partial charge on any atom is -0.329 e. The Morgan fingerprint density at radius 1 is 1.00 bits per heavy atom. The Bertz CT molecular complexity index is 857. The van der Waals surface area contributed by atoms with Crippen molar-refractivity contribution in [3.05, 3.63) is 83.2 Å². The van der Waals surface area contributed by atoms with Gasteiger partial charge in [0.25, 0.3) is 0 Å². The van der Waals surface area contributed by atoms with Crippen LogP contribution in [0.15, 0.2) is 54.6 Å². The van der Waals surface area contributed by atoms with Crippen LogP contribution < -0.4 is 5.73 Å². The number of halogens is 2. The lowest BCUT2D eigenvalue weighted by molar-refractivity contribution is 0.506. The van der Waals surface area contributed by atoms with E-state index in [9.17, 15) is 8.78 Å². The normalized spacial score (nSPS) is 12.6. The highest BCUT2D eigenvalue weighted by Gasteiger charge is 2.22. The molecule has 2 N–H and O–H groups in total. The van der Waals surface area contributed by atoms with Crippen molar-refractivity contribution in [2.45, 2.75) is 25.7 Å². The number of benzene rings is 2. The maximum atomic E-state index is 13.7.